The second-order valence-corrected chi connectivity index (χ2v) is 7.26. The van der Waals surface area contributed by atoms with E-state index >= 15 is 0 Å². The quantitative estimate of drug-likeness (QED) is 0.509. The van der Waals surface area contributed by atoms with Crippen LogP contribution >= 0.6 is 0 Å². The average molecular weight is 324 g/mol. The van der Waals surface area contributed by atoms with Crippen molar-refractivity contribution in [1.29, 1.82) is 0 Å². The Kier molecular flexibility index (Phi) is 4.05. The molecule has 3 aromatic rings. The van der Waals surface area contributed by atoms with Crippen LogP contribution in [-0.4, -0.2) is 0 Å². The number of benzene rings is 3. The van der Waals surface area contributed by atoms with Gasteiger partial charge in [-0.3, -0.25) is 0 Å². The Morgan fingerprint density at radius 1 is 0.680 bits per heavy atom. The average Bonchev–Trinajstić information content (AvgIpc) is 2.96. The van der Waals surface area contributed by atoms with E-state index in [1.165, 1.54) is 27.8 Å². The molecule has 2 atom stereocenters. The van der Waals surface area contributed by atoms with Gasteiger partial charge < -0.3 is 0 Å². The number of hydrogen-bond acceptors (Lipinski definition) is 0. The summed E-state index contributed by atoms with van der Waals surface area (Å²) in [5.74, 6) is 0.556. The molecule has 0 heterocycles. The van der Waals surface area contributed by atoms with Crippen LogP contribution in [0.3, 0.4) is 0 Å². The van der Waals surface area contributed by atoms with Gasteiger partial charge in [0, 0.05) is 5.41 Å². The Bertz CT molecular complexity index is 875. The Morgan fingerprint density at radius 3 is 1.72 bits per heavy atom. The van der Waals surface area contributed by atoms with Gasteiger partial charge in [-0.05, 0) is 40.2 Å². The molecule has 1 aliphatic rings. The lowest BCUT2D eigenvalue weighted by molar-refractivity contribution is 0.431. The molecule has 4 rings (SSSR count). The second kappa shape index (κ2) is 6.37. The predicted octanol–water partition coefficient (Wildman–Crippen LogP) is 6.60. The molecule has 0 fully saturated rings. The summed E-state index contributed by atoms with van der Waals surface area (Å²) in [4.78, 5) is 0. The molecule has 0 N–H and O–H groups in total. The van der Waals surface area contributed by atoms with Gasteiger partial charge in [-0.2, -0.15) is 0 Å². The molecule has 0 aromatic heterocycles. The SMILES string of the molecule is CC1CC(c2ccccc2)=C(c2ccccc2)C1(C)c1ccccc1. The molecule has 0 aliphatic heterocycles. The van der Waals surface area contributed by atoms with Crippen LogP contribution in [0.1, 0.15) is 37.0 Å². The summed E-state index contributed by atoms with van der Waals surface area (Å²) in [5, 5.41) is 0. The van der Waals surface area contributed by atoms with Crippen molar-refractivity contribution in [3.63, 3.8) is 0 Å². The third kappa shape index (κ3) is 2.62. The first-order valence-corrected chi connectivity index (χ1v) is 9.11. The van der Waals surface area contributed by atoms with E-state index in [1.54, 1.807) is 0 Å². The molecule has 0 amide bonds. The molecular formula is C25H24. The van der Waals surface area contributed by atoms with E-state index in [0.29, 0.717) is 5.92 Å². The van der Waals surface area contributed by atoms with Gasteiger partial charge in [0.2, 0.25) is 0 Å². The second-order valence-electron chi connectivity index (χ2n) is 7.26. The molecule has 25 heavy (non-hydrogen) atoms. The highest BCUT2D eigenvalue weighted by atomic mass is 14.5. The monoisotopic (exact) mass is 324 g/mol. The lowest BCUT2D eigenvalue weighted by atomic mass is 9.69. The summed E-state index contributed by atoms with van der Waals surface area (Å²) < 4.78 is 0. The van der Waals surface area contributed by atoms with E-state index in [2.05, 4.69) is 105 Å². The minimum atomic E-state index is 0.0216. The molecule has 0 nitrogen and oxygen atoms in total. The number of allylic oxidation sites excluding steroid dienone is 2. The fraction of sp³-hybridized carbons (Fsp3) is 0.200. The lowest BCUT2D eigenvalue weighted by Crippen LogP contribution is -2.27. The third-order valence-corrected chi connectivity index (χ3v) is 5.88. The van der Waals surface area contributed by atoms with Crippen LogP contribution in [0.15, 0.2) is 91.0 Å². The third-order valence-electron chi connectivity index (χ3n) is 5.88. The zero-order valence-corrected chi connectivity index (χ0v) is 14.9. The topological polar surface area (TPSA) is 0 Å². The zero-order valence-electron chi connectivity index (χ0n) is 14.9. The summed E-state index contributed by atoms with van der Waals surface area (Å²) in [6.45, 7) is 4.82. The van der Waals surface area contributed by atoms with Gasteiger partial charge in [-0.15, -0.1) is 0 Å². The molecule has 0 saturated carbocycles. The fourth-order valence-corrected chi connectivity index (χ4v) is 4.37. The van der Waals surface area contributed by atoms with Crippen LogP contribution in [0.5, 0.6) is 0 Å². The van der Waals surface area contributed by atoms with Crippen LogP contribution in [0, 0.1) is 5.92 Å². The maximum absolute atomic E-state index is 2.42. The van der Waals surface area contributed by atoms with Crippen molar-refractivity contribution in [3.8, 4) is 0 Å². The van der Waals surface area contributed by atoms with Crippen LogP contribution in [0.25, 0.3) is 11.1 Å². The fourth-order valence-electron chi connectivity index (χ4n) is 4.37. The van der Waals surface area contributed by atoms with E-state index < -0.39 is 0 Å². The van der Waals surface area contributed by atoms with Crippen molar-refractivity contribution in [2.75, 3.05) is 0 Å². The highest BCUT2D eigenvalue weighted by Gasteiger charge is 2.44. The van der Waals surface area contributed by atoms with E-state index in [4.69, 9.17) is 0 Å². The summed E-state index contributed by atoms with van der Waals surface area (Å²) in [5.41, 5.74) is 7.11. The smallest absolute Gasteiger partial charge is 0.0212 e. The van der Waals surface area contributed by atoms with E-state index in [1.807, 2.05) is 0 Å². The Hall–Kier alpha value is -2.60. The largest absolute Gasteiger partial charge is 0.0622 e. The van der Waals surface area contributed by atoms with Gasteiger partial charge in [0.15, 0.2) is 0 Å². The van der Waals surface area contributed by atoms with Crippen molar-refractivity contribution in [2.45, 2.75) is 25.7 Å². The summed E-state index contributed by atoms with van der Waals surface area (Å²) in [7, 11) is 0. The van der Waals surface area contributed by atoms with Gasteiger partial charge in [0.05, 0.1) is 0 Å². The summed E-state index contributed by atoms with van der Waals surface area (Å²) in [6.07, 6.45) is 1.11. The van der Waals surface area contributed by atoms with E-state index in [-0.39, 0.29) is 5.41 Å². The molecule has 0 saturated heterocycles. The lowest BCUT2D eigenvalue weighted by Gasteiger charge is -2.34. The molecule has 0 heteroatoms. The first kappa shape index (κ1) is 15.9. The van der Waals surface area contributed by atoms with Crippen LogP contribution in [0.4, 0.5) is 0 Å². The highest BCUT2D eigenvalue weighted by molar-refractivity contribution is 5.98. The number of hydrogen-bond donors (Lipinski definition) is 0. The highest BCUT2D eigenvalue weighted by Crippen LogP contribution is 2.56. The predicted molar refractivity (Wildman–Crippen MR) is 107 cm³/mol. The van der Waals surface area contributed by atoms with Crippen molar-refractivity contribution in [3.05, 3.63) is 108 Å². The molecular weight excluding hydrogens is 300 g/mol. The summed E-state index contributed by atoms with van der Waals surface area (Å²) in [6, 6.07) is 32.8. The van der Waals surface area contributed by atoms with Crippen molar-refractivity contribution < 1.29 is 0 Å². The molecule has 0 radical (unpaired) electrons. The van der Waals surface area contributed by atoms with Gasteiger partial charge in [-0.1, -0.05) is 105 Å². The van der Waals surface area contributed by atoms with Gasteiger partial charge >= 0.3 is 0 Å². The van der Waals surface area contributed by atoms with Crippen LogP contribution < -0.4 is 0 Å². The Labute approximate surface area is 150 Å². The standard InChI is InChI=1S/C25H24/c1-19-18-23(20-12-6-3-7-13-20)24(21-14-8-4-9-15-21)25(19,2)22-16-10-5-11-17-22/h3-17,19H,18H2,1-2H3. The van der Waals surface area contributed by atoms with Crippen molar-refractivity contribution in [2.24, 2.45) is 5.92 Å². The first-order valence-electron chi connectivity index (χ1n) is 9.11. The van der Waals surface area contributed by atoms with Gasteiger partial charge in [0.25, 0.3) is 0 Å². The maximum Gasteiger partial charge on any atom is 0.0212 e. The molecule has 1 aliphatic carbocycles. The Morgan fingerprint density at radius 2 is 1.16 bits per heavy atom. The molecule has 0 bridgehead atoms. The zero-order chi connectivity index (χ0) is 17.3. The molecule has 3 aromatic carbocycles. The van der Waals surface area contributed by atoms with E-state index in [0.717, 1.165) is 6.42 Å². The Balaban J connectivity index is 1.99. The van der Waals surface area contributed by atoms with E-state index in [9.17, 15) is 0 Å². The normalized spacial score (nSPS) is 23.0. The molecule has 2 unspecified atom stereocenters. The first-order chi connectivity index (χ1) is 12.2. The maximum atomic E-state index is 2.42. The summed E-state index contributed by atoms with van der Waals surface area (Å²) >= 11 is 0. The number of rotatable bonds is 3. The van der Waals surface area contributed by atoms with Gasteiger partial charge in [-0.25, -0.2) is 0 Å². The minimum Gasteiger partial charge on any atom is -0.0622 e. The van der Waals surface area contributed by atoms with Crippen molar-refractivity contribution in [1.82, 2.24) is 0 Å². The van der Waals surface area contributed by atoms with Gasteiger partial charge in [0.1, 0.15) is 0 Å². The minimum absolute atomic E-state index is 0.0216. The van der Waals surface area contributed by atoms with Crippen LogP contribution in [-0.2, 0) is 5.41 Å². The molecule has 124 valence electrons. The molecule has 0 spiro atoms. The van der Waals surface area contributed by atoms with Crippen LogP contribution in [0.2, 0.25) is 0 Å². The van der Waals surface area contributed by atoms with Crippen molar-refractivity contribution >= 4 is 11.1 Å².